The summed E-state index contributed by atoms with van der Waals surface area (Å²) < 4.78 is 0. The highest BCUT2D eigenvalue weighted by Gasteiger charge is 2.25. The van der Waals surface area contributed by atoms with E-state index in [0.29, 0.717) is 5.92 Å². The molecule has 0 aliphatic carbocycles. The van der Waals surface area contributed by atoms with Gasteiger partial charge in [-0.1, -0.05) is 56.3 Å². The average molecular weight is 446 g/mol. The fourth-order valence-corrected chi connectivity index (χ4v) is 5.33. The average Bonchev–Trinajstić information content (AvgIpc) is 3.43. The summed E-state index contributed by atoms with van der Waals surface area (Å²) in [6, 6.07) is 19.8. The Bertz CT molecular complexity index is 982. The maximum Gasteiger partial charge on any atom is 0.0786 e. The zero-order valence-corrected chi connectivity index (χ0v) is 20.5. The SMILES string of the molecule is CC#N.CCc1ccc(CNCC(C)CCc2cccc(C3=NCC4=C3SCC4)c2)cc1. The van der Waals surface area contributed by atoms with Crippen LogP contribution in [-0.2, 0) is 19.4 Å². The molecule has 168 valence electrons. The molecule has 0 bridgehead atoms. The van der Waals surface area contributed by atoms with Crippen molar-refractivity contribution < 1.29 is 0 Å². The van der Waals surface area contributed by atoms with E-state index in [4.69, 9.17) is 10.3 Å². The van der Waals surface area contributed by atoms with E-state index in [9.17, 15) is 0 Å². The van der Waals surface area contributed by atoms with Crippen LogP contribution in [0.2, 0.25) is 0 Å². The Balaban J connectivity index is 0.000000913. The first-order valence-electron chi connectivity index (χ1n) is 11.7. The van der Waals surface area contributed by atoms with E-state index in [1.165, 1.54) is 58.4 Å². The summed E-state index contributed by atoms with van der Waals surface area (Å²) in [6.45, 7) is 8.93. The summed E-state index contributed by atoms with van der Waals surface area (Å²) in [5, 5.41) is 10.9. The van der Waals surface area contributed by atoms with Crippen molar-refractivity contribution in [1.29, 1.82) is 5.26 Å². The lowest BCUT2D eigenvalue weighted by Crippen LogP contribution is -2.21. The summed E-state index contributed by atoms with van der Waals surface area (Å²) >= 11 is 1.99. The third kappa shape index (κ3) is 6.82. The number of aliphatic imine (C=N–C) groups is 1. The number of thioether (sulfide) groups is 1. The maximum atomic E-state index is 7.32. The smallest absolute Gasteiger partial charge is 0.0786 e. The fourth-order valence-electron chi connectivity index (χ4n) is 4.09. The lowest BCUT2D eigenvalue weighted by atomic mass is 9.98. The van der Waals surface area contributed by atoms with Gasteiger partial charge in [0.25, 0.3) is 0 Å². The van der Waals surface area contributed by atoms with Gasteiger partial charge in [-0.2, -0.15) is 5.26 Å². The van der Waals surface area contributed by atoms with Crippen LogP contribution in [0.1, 0.15) is 55.9 Å². The van der Waals surface area contributed by atoms with Crippen molar-refractivity contribution >= 4 is 17.5 Å². The van der Waals surface area contributed by atoms with Crippen LogP contribution in [0.4, 0.5) is 0 Å². The lowest BCUT2D eigenvalue weighted by Gasteiger charge is -2.14. The molecular weight excluding hydrogens is 410 g/mol. The molecule has 1 atom stereocenters. The molecule has 2 aliphatic rings. The normalized spacial score (nSPS) is 15.5. The molecule has 0 spiro atoms. The zero-order chi connectivity index (χ0) is 22.8. The van der Waals surface area contributed by atoms with E-state index in [1.54, 1.807) is 11.6 Å². The van der Waals surface area contributed by atoms with E-state index < -0.39 is 0 Å². The summed E-state index contributed by atoms with van der Waals surface area (Å²) in [5.41, 5.74) is 8.32. The highest BCUT2D eigenvalue weighted by atomic mass is 32.2. The molecule has 2 aromatic rings. The van der Waals surface area contributed by atoms with E-state index in [-0.39, 0.29) is 0 Å². The van der Waals surface area contributed by atoms with Crippen molar-refractivity contribution in [3.63, 3.8) is 0 Å². The molecule has 0 aromatic heterocycles. The van der Waals surface area contributed by atoms with Crippen LogP contribution in [0.3, 0.4) is 0 Å². The molecule has 1 N–H and O–H groups in total. The lowest BCUT2D eigenvalue weighted by molar-refractivity contribution is 0.481. The quantitative estimate of drug-likeness (QED) is 0.490. The van der Waals surface area contributed by atoms with Gasteiger partial charge in [0.1, 0.15) is 0 Å². The number of rotatable bonds is 9. The molecule has 0 radical (unpaired) electrons. The molecule has 2 aliphatic heterocycles. The Hall–Kier alpha value is -2.35. The molecule has 2 aromatic carbocycles. The summed E-state index contributed by atoms with van der Waals surface area (Å²) in [7, 11) is 0. The van der Waals surface area contributed by atoms with Crippen LogP contribution in [0.25, 0.3) is 0 Å². The van der Waals surface area contributed by atoms with Crippen molar-refractivity contribution in [2.45, 2.75) is 53.0 Å². The zero-order valence-electron chi connectivity index (χ0n) is 19.7. The number of aryl methyl sites for hydroxylation is 2. The number of nitriles is 1. The highest BCUT2D eigenvalue weighted by molar-refractivity contribution is 8.04. The van der Waals surface area contributed by atoms with Crippen molar-refractivity contribution in [2.24, 2.45) is 10.9 Å². The number of benzene rings is 2. The van der Waals surface area contributed by atoms with Crippen LogP contribution in [0.15, 0.2) is 64.0 Å². The van der Waals surface area contributed by atoms with Gasteiger partial charge in [0.05, 0.1) is 18.3 Å². The van der Waals surface area contributed by atoms with E-state index in [0.717, 1.165) is 32.5 Å². The fraction of sp³-hybridized carbons (Fsp3) is 0.429. The Morgan fingerprint density at radius 3 is 2.62 bits per heavy atom. The van der Waals surface area contributed by atoms with E-state index >= 15 is 0 Å². The van der Waals surface area contributed by atoms with Gasteiger partial charge in [-0.3, -0.25) is 4.99 Å². The molecule has 1 unspecified atom stereocenters. The van der Waals surface area contributed by atoms with Gasteiger partial charge in [0, 0.05) is 29.7 Å². The van der Waals surface area contributed by atoms with Crippen molar-refractivity contribution in [3.05, 3.63) is 81.3 Å². The minimum absolute atomic E-state index is 0.664. The first-order chi connectivity index (χ1) is 15.6. The van der Waals surface area contributed by atoms with Gasteiger partial charge in [-0.25, -0.2) is 0 Å². The molecule has 4 heteroatoms. The van der Waals surface area contributed by atoms with Gasteiger partial charge in [0.2, 0.25) is 0 Å². The van der Waals surface area contributed by atoms with Gasteiger partial charge in [-0.15, -0.1) is 11.8 Å². The molecule has 32 heavy (non-hydrogen) atoms. The van der Waals surface area contributed by atoms with Gasteiger partial charge in [-0.05, 0) is 66.5 Å². The minimum Gasteiger partial charge on any atom is -0.312 e. The molecule has 4 rings (SSSR count). The summed E-state index contributed by atoms with van der Waals surface area (Å²) in [5.74, 6) is 1.90. The van der Waals surface area contributed by atoms with Crippen LogP contribution >= 0.6 is 11.8 Å². The van der Waals surface area contributed by atoms with Crippen molar-refractivity contribution in [3.8, 4) is 6.07 Å². The van der Waals surface area contributed by atoms with Gasteiger partial charge in [0.15, 0.2) is 0 Å². The van der Waals surface area contributed by atoms with Gasteiger partial charge < -0.3 is 5.32 Å². The molecule has 0 amide bonds. The van der Waals surface area contributed by atoms with Crippen LogP contribution in [0, 0.1) is 17.2 Å². The highest BCUT2D eigenvalue weighted by Crippen LogP contribution is 2.38. The number of allylic oxidation sites excluding steroid dienone is 1. The second kappa shape index (κ2) is 12.6. The Kier molecular flexibility index (Phi) is 9.59. The van der Waals surface area contributed by atoms with Crippen LogP contribution in [-0.4, -0.2) is 24.6 Å². The Morgan fingerprint density at radius 2 is 1.88 bits per heavy atom. The van der Waals surface area contributed by atoms with Crippen LogP contribution < -0.4 is 5.32 Å². The third-order valence-corrected chi connectivity index (χ3v) is 7.17. The van der Waals surface area contributed by atoms with Crippen molar-refractivity contribution in [2.75, 3.05) is 18.8 Å². The van der Waals surface area contributed by atoms with Crippen LogP contribution in [0.5, 0.6) is 0 Å². The monoisotopic (exact) mass is 445 g/mol. The molecule has 3 nitrogen and oxygen atoms in total. The predicted octanol–water partition coefficient (Wildman–Crippen LogP) is 6.33. The second-order valence-corrected chi connectivity index (χ2v) is 9.67. The molecule has 0 fully saturated rings. The number of hydrogen-bond acceptors (Lipinski definition) is 4. The topological polar surface area (TPSA) is 48.2 Å². The Morgan fingerprint density at radius 1 is 1.12 bits per heavy atom. The Labute approximate surface area is 198 Å². The van der Waals surface area contributed by atoms with E-state index in [2.05, 4.69) is 67.7 Å². The number of hydrogen-bond donors (Lipinski definition) is 1. The standard InChI is InChI=1S/C26H32N2S.C2H3N/c1-3-20-9-11-22(12-10-20)17-27-16-19(2)7-8-21-5-4-6-23(15-21)25-26-24(18-28-25)13-14-29-26;1-2-3/h4-6,9-12,15,19,27H,3,7-8,13-14,16-18H2,1-2H3;1H3. The first kappa shape index (κ1) is 24.3. The first-order valence-corrected chi connectivity index (χ1v) is 12.7. The molecular formula is C28H35N3S. The minimum atomic E-state index is 0.664. The summed E-state index contributed by atoms with van der Waals surface area (Å²) in [6.07, 6.45) is 4.67. The number of nitrogens with zero attached hydrogens (tertiary/aromatic N) is 2. The second-order valence-electron chi connectivity index (χ2n) is 8.56. The van der Waals surface area contributed by atoms with Crippen molar-refractivity contribution in [1.82, 2.24) is 5.32 Å². The molecule has 0 saturated heterocycles. The van der Waals surface area contributed by atoms with E-state index in [1.807, 2.05) is 11.8 Å². The predicted molar refractivity (Wildman–Crippen MR) is 138 cm³/mol. The third-order valence-electron chi connectivity index (χ3n) is 5.99. The molecule has 2 heterocycles. The summed E-state index contributed by atoms with van der Waals surface area (Å²) in [4.78, 5) is 6.28. The van der Waals surface area contributed by atoms with Gasteiger partial charge >= 0.3 is 0 Å². The molecule has 0 saturated carbocycles. The maximum absolute atomic E-state index is 7.32. The largest absolute Gasteiger partial charge is 0.312 e. The number of nitrogens with one attached hydrogen (secondary N) is 1.